The van der Waals surface area contributed by atoms with Gasteiger partial charge in [0.2, 0.25) is 9.04 Å². The van der Waals surface area contributed by atoms with E-state index in [2.05, 4.69) is 36.1 Å². The van der Waals surface area contributed by atoms with Crippen LogP contribution in [0.3, 0.4) is 0 Å². The van der Waals surface area contributed by atoms with Gasteiger partial charge >= 0.3 is 0 Å². The van der Waals surface area contributed by atoms with Crippen LogP contribution in [0.1, 0.15) is 11.3 Å². The Hall–Kier alpha value is -1.88. The molecule has 0 unspecified atom stereocenters. The van der Waals surface area contributed by atoms with Crippen LogP contribution in [0.2, 0.25) is 13.1 Å². The van der Waals surface area contributed by atoms with Crippen molar-refractivity contribution in [3.63, 3.8) is 0 Å². The largest absolute Gasteiger partial charge is 0.545 e. The van der Waals surface area contributed by atoms with E-state index >= 15 is 0 Å². The SMILES string of the molecule is Cc1cccc(N=CCc2cn(C)cn2)c1O[SiH](C)C. The molecule has 0 spiro atoms. The summed E-state index contributed by atoms with van der Waals surface area (Å²) in [5.41, 5.74) is 3.06. The van der Waals surface area contributed by atoms with Gasteiger partial charge in [0.25, 0.3) is 0 Å². The molecule has 2 rings (SSSR count). The minimum absolute atomic E-state index is 0.729. The second-order valence-electron chi connectivity index (χ2n) is 5.14. The molecule has 0 aliphatic heterocycles. The zero-order valence-electron chi connectivity index (χ0n) is 12.5. The third-order valence-electron chi connectivity index (χ3n) is 2.83. The van der Waals surface area contributed by atoms with Crippen molar-refractivity contribution >= 4 is 20.9 Å². The highest BCUT2D eigenvalue weighted by Crippen LogP contribution is 2.31. The second kappa shape index (κ2) is 6.52. The molecule has 4 nitrogen and oxygen atoms in total. The van der Waals surface area contributed by atoms with Crippen molar-refractivity contribution in [1.29, 1.82) is 0 Å². The molecule has 0 amide bonds. The highest BCUT2D eigenvalue weighted by atomic mass is 28.3. The third kappa shape index (κ3) is 3.80. The predicted molar refractivity (Wildman–Crippen MR) is 85.7 cm³/mol. The van der Waals surface area contributed by atoms with Crippen LogP contribution in [0.25, 0.3) is 0 Å². The van der Waals surface area contributed by atoms with Gasteiger partial charge in [0.05, 0.1) is 12.0 Å². The number of aromatic nitrogens is 2. The van der Waals surface area contributed by atoms with E-state index in [9.17, 15) is 0 Å². The smallest absolute Gasteiger partial charge is 0.229 e. The van der Waals surface area contributed by atoms with Gasteiger partial charge in [-0.25, -0.2) is 4.98 Å². The molecule has 2 aromatic rings. The first kappa shape index (κ1) is 14.5. The Morgan fingerprint density at radius 1 is 1.40 bits per heavy atom. The molecular weight excluding hydrogens is 266 g/mol. The predicted octanol–water partition coefficient (Wildman–Crippen LogP) is 3.04. The fourth-order valence-corrected chi connectivity index (χ4v) is 2.72. The Kier molecular flexibility index (Phi) is 4.73. The molecule has 0 aliphatic carbocycles. The van der Waals surface area contributed by atoms with Crippen molar-refractivity contribution in [3.05, 3.63) is 42.0 Å². The average Bonchev–Trinajstić information content (AvgIpc) is 2.79. The molecule has 0 atom stereocenters. The first-order valence-corrected chi connectivity index (χ1v) is 9.60. The summed E-state index contributed by atoms with van der Waals surface area (Å²) < 4.78 is 7.93. The van der Waals surface area contributed by atoms with Gasteiger partial charge < -0.3 is 8.99 Å². The summed E-state index contributed by atoms with van der Waals surface area (Å²) >= 11 is 0. The van der Waals surface area contributed by atoms with Gasteiger partial charge in [-0.15, -0.1) is 0 Å². The normalized spacial score (nSPS) is 11.4. The number of nitrogens with zero attached hydrogens (tertiary/aromatic N) is 3. The number of benzene rings is 1. The quantitative estimate of drug-likeness (QED) is 0.626. The lowest BCUT2D eigenvalue weighted by Gasteiger charge is -2.14. The first-order chi connectivity index (χ1) is 9.56. The number of aryl methyl sites for hydroxylation is 2. The minimum atomic E-state index is -1.13. The lowest BCUT2D eigenvalue weighted by atomic mass is 10.2. The van der Waals surface area contributed by atoms with Crippen molar-refractivity contribution < 1.29 is 4.43 Å². The van der Waals surface area contributed by atoms with Crippen molar-refractivity contribution in [1.82, 2.24) is 9.55 Å². The summed E-state index contributed by atoms with van der Waals surface area (Å²) in [4.78, 5) is 8.83. The molecule has 0 fully saturated rings. The Balaban J connectivity index is 2.14. The van der Waals surface area contributed by atoms with Crippen molar-refractivity contribution in [2.45, 2.75) is 26.4 Å². The number of hydrogen-bond donors (Lipinski definition) is 0. The van der Waals surface area contributed by atoms with Crippen LogP contribution in [-0.4, -0.2) is 24.8 Å². The summed E-state index contributed by atoms with van der Waals surface area (Å²) in [5, 5.41) is 0. The van der Waals surface area contributed by atoms with E-state index in [1.165, 1.54) is 0 Å². The molecular formula is C15H21N3OSi. The van der Waals surface area contributed by atoms with Crippen LogP contribution in [0.15, 0.2) is 35.7 Å². The molecule has 0 radical (unpaired) electrons. The summed E-state index contributed by atoms with van der Waals surface area (Å²) in [7, 11) is 0.833. The van der Waals surface area contributed by atoms with Crippen molar-refractivity contribution in [2.24, 2.45) is 12.0 Å². The molecule has 1 aromatic heterocycles. The Bertz CT molecular complexity index is 605. The van der Waals surface area contributed by atoms with E-state index < -0.39 is 9.04 Å². The van der Waals surface area contributed by atoms with E-state index in [1.807, 2.05) is 36.2 Å². The van der Waals surface area contributed by atoms with Crippen LogP contribution in [-0.2, 0) is 13.5 Å². The van der Waals surface area contributed by atoms with E-state index in [-0.39, 0.29) is 0 Å². The van der Waals surface area contributed by atoms with Crippen LogP contribution in [0.4, 0.5) is 5.69 Å². The van der Waals surface area contributed by atoms with Gasteiger partial charge in [-0.3, -0.25) is 4.99 Å². The van der Waals surface area contributed by atoms with E-state index in [0.717, 1.165) is 29.1 Å². The van der Waals surface area contributed by atoms with E-state index in [0.29, 0.717) is 0 Å². The lowest BCUT2D eigenvalue weighted by molar-refractivity contribution is 0.577. The molecule has 0 bridgehead atoms. The van der Waals surface area contributed by atoms with Gasteiger partial charge in [-0.05, 0) is 31.6 Å². The molecule has 0 N–H and O–H groups in total. The Morgan fingerprint density at radius 2 is 2.20 bits per heavy atom. The highest BCUT2D eigenvalue weighted by molar-refractivity contribution is 6.49. The lowest BCUT2D eigenvalue weighted by Crippen LogP contribution is -2.12. The first-order valence-electron chi connectivity index (χ1n) is 6.82. The Labute approximate surface area is 121 Å². The summed E-state index contributed by atoms with van der Waals surface area (Å²) in [6, 6.07) is 6.06. The summed E-state index contributed by atoms with van der Waals surface area (Å²) in [6.07, 6.45) is 6.43. The summed E-state index contributed by atoms with van der Waals surface area (Å²) in [6.45, 7) is 6.38. The third-order valence-corrected chi connectivity index (χ3v) is 3.54. The van der Waals surface area contributed by atoms with Crippen LogP contribution < -0.4 is 4.43 Å². The summed E-state index contributed by atoms with van der Waals surface area (Å²) in [5.74, 6) is 0.923. The maximum atomic E-state index is 5.99. The maximum Gasteiger partial charge on any atom is 0.229 e. The van der Waals surface area contributed by atoms with Gasteiger partial charge in [0.15, 0.2) is 0 Å². The monoisotopic (exact) mass is 287 g/mol. The molecule has 0 aliphatic rings. The van der Waals surface area contributed by atoms with Crippen LogP contribution in [0, 0.1) is 6.92 Å². The van der Waals surface area contributed by atoms with Crippen LogP contribution >= 0.6 is 0 Å². The molecule has 5 heteroatoms. The fraction of sp³-hybridized carbons (Fsp3) is 0.333. The van der Waals surface area contributed by atoms with Gasteiger partial charge in [0, 0.05) is 25.9 Å². The molecule has 0 saturated heterocycles. The number of para-hydroxylation sites is 1. The number of imidazole rings is 1. The van der Waals surface area contributed by atoms with Crippen molar-refractivity contribution in [2.75, 3.05) is 0 Å². The van der Waals surface area contributed by atoms with Gasteiger partial charge in [-0.2, -0.15) is 0 Å². The highest BCUT2D eigenvalue weighted by Gasteiger charge is 2.08. The van der Waals surface area contributed by atoms with Gasteiger partial charge in [0.1, 0.15) is 11.4 Å². The number of aliphatic imine (C=N–C) groups is 1. The van der Waals surface area contributed by atoms with Gasteiger partial charge in [-0.1, -0.05) is 12.1 Å². The molecule has 1 aromatic carbocycles. The van der Waals surface area contributed by atoms with Crippen LogP contribution in [0.5, 0.6) is 5.75 Å². The topological polar surface area (TPSA) is 39.4 Å². The maximum absolute atomic E-state index is 5.99. The fourth-order valence-electron chi connectivity index (χ4n) is 1.94. The molecule has 106 valence electrons. The van der Waals surface area contributed by atoms with Crippen molar-refractivity contribution in [3.8, 4) is 5.75 Å². The number of rotatable bonds is 5. The van der Waals surface area contributed by atoms with E-state index in [1.54, 1.807) is 6.33 Å². The minimum Gasteiger partial charge on any atom is -0.545 e. The standard InChI is InChI=1S/C15H21N3OSi/c1-12-6-5-7-14(15(12)19-20(3)4)16-9-8-13-10-18(2)11-17-13/h5-7,9-11,20H,8H2,1-4H3. The van der Waals surface area contributed by atoms with E-state index in [4.69, 9.17) is 4.43 Å². The Morgan fingerprint density at radius 3 is 2.85 bits per heavy atom. The molecule has 1 heterocycles. The number of hydrogen-bond acceptors (Lipinski definition) is 3. The zero-order valence-corrected chi connectivity index (χ0v) is 13.7. The average molecular weight is 287 g/mol. The zero-order chi connectivity index (χ0) is 14.5. The second-order valence-corrected chi connectivity index (χ2v) is 7.47. The molecule has 20 heavy (non-hydrogen) atoms. The molecule has 0 saturated carbocycles.